The highest BCUT2D eigenvalue weighted by atomic mass is 32.2. The molecule has 22 heavy (non-hydrogen) atoms. The zero-order valence-electron chi connectivity index (χ0n) is 12.2. The van der Waals surface area contributed by atoms with E-state index in [1.807, 2.05) is 0 Å². The van der Waals surface area contributed by atoms with Crippen LogP contribution in [0.25, 0.3) is 0 Å². The second-order valence-electron chi connectivity index (χ2n) is 4.61. The lowest BCUT2D eigenvalue weighted by atomic mass is 10.1. The van der Waals surface area contributed by atoms with Crippen LogP contribution in [0.2, 0.25) is 0 Å². The zero-order chi connectivity index (χ0) is 16.2. The molecule has 116 valence electrons. The number of carbonyl (C=O) groups is 1. The molecule has 0 aliphatic rings. The fourth-order valence-electron chi connectivity index (χ4n) is 2.04. The molecule has 1 unspecified atom stereocenters. The third kappa shape index (κ3) is 3.52. The first-order valence-electron chi connectivity index (χ1n) is 6.57. The SMILES string of the molecule is COC(C(C)=O)c1ccccc1OS(=O)(=O)c1ccccc1. The van der Waals surface area contributed by atoms with Gasteiger partial charge in [-0.25, -0.2) is 0 Å². The summed E-state index contributed by atoms with van der Waals surface area (Å²) >= 11 is 0. The molecule has 2 rings (SSSR count). The average molecular weight is 320 g/mol. The summed E-state index contributed by atoms with van der Waals surface area (Å²) in [6.45, 7) is 1.37. The first-order chi connectivity index (χ1) is 10.5. The zero-order valence-corrected chi connectivity index (χ0v) is 13.0. The molecule has 5 nitrogen and oxygen atoms in total. The predicted molar refractivity (Wildman–Crippen MR) is 81.1 cm³/mol. The van der Waals surface area contributed by atoms with Crippen molar-refractivity contribution in [1.82, 2.24) is 0 Å². The predicted octanol–water partition coefficient (Wildman–Crippen LogP) is 2.73. The molecule has 0 N–H and O–H groups in total. The van der Waals surface area contributed by atoms with E-state index >= 15 is 0 Å². The van der Waals surface area contributed by atoms with E-state index in [0.717, 1.165) is 0 Å². The number of methoxy groups -OCH3 is 1. The lowest BCUT2D eigenvalue weighted by Gasteiger charge is -2.16. The minimum atomic E-state index is -3.97. The second kappa shape index (κ2) is 6.72. The van der Waals surface area contributed by atoms with Gasteiger partial charge in [0.25, 0.3) is 0 Å². The van der Waals surface area contributed by atoms with Crippen molar-refractivity contribution in [1.29, 1.82) is 0 Å². The van der Waals surface area contributed by atoms with E-state index in [0.29, 0.717) is 5.56 Å². The van der Waals surface area contributed by atoms with E-state index in [1.54, 1.807) is 36.4 Å². The van der Waals surface area contributed by atoms with Crippen LogP contribution in [-0.2, 0) is 19.6 Å². The second-order valence-corrected chi connectivity index (χ2v) is 6.16. The number of Topliss-reactive ketones (excluding diaryl/α,β-unsaturated/α-hetero) is 1. The van der Waals surface area contributed by atoms with Crippen LogP contribution in [0.4, 0.5) is 0 Å². The van der Waals surface area contributed by atoms with Gasteiger partial charge < -0.3 is 8.92 Å². The number of para-hydroxylation sites is 1. The summed E-state index contributed by atoms with van der Waals surface area (Å²) in [7, 11) is -2.59. The van der Waals surface area contributed by atoms with Crippen LogP contribution in [0.1, 0.15) is 18.6 Å². The minimum Gasteiger partial charge on any atom is -0.379 e. The largest absolute Gasteiger partial charge is 0.379 e. The fourth-order valence-corrected chi connectivity index (χ4v) is 3.01. The van der Waals surface area contributed by atoms with E-state index < -0.39 is 16.2 Å². The number of hydrogen-bond donors (Lipinski definition) is 0. The lowest BCUT2D eigenvalue weighted by molar-refractivity contribution is -0.127. The molecule has 0 heterocycles. The molecular weight excluding hydrogens is 304 g/mol. The van der Waals surface area contributed by atoms with Gasteiger partial charge in [-0.05, 0) is 25.1 Å². The topological polar surface area (TPSA) is 69.7 Å². The maximum Gasteiger partial charge on any atom is 0.339 e. The van der Waals surface area contributed by atoms with E-state index in [-0.39, 0.29) is 16.4 Å². The monoisotopic (exact) mass is 320 g/mol. The average Bonchev–Trinajstić information content (AvgIpc) is 2.50. The number of rotatable bonds is 6. The molecule has 2 aromatic carbocycles. The van der Waals surface area contributed by atoms with Gasteiger partial charge in [0.1, 0.15) is 16.7 Å². The lowest BCUT2D eigenvalue weighted by Crippen LogP contribution is -2.15. The van der Waals surface area contributed by atoms with Crippen molar-refractivity contribution in [3.8, 4) is 5.75 Å². The van der Waals surface area contributed by atoms with Gasteiger partial charge >= 0.3 is 10.1 Å². The highest BCUT2D eigenvalue weighted by Gasteiger charge is 2.24. The molecule has 0 saturated carbocycles. The van der Waals surface area contributed by atoms with Crippen LogP contribution < -0.4 is 4.18 Å². The molecule has 0 spiro atoms. The Bertz CT molecular complexity index is 753. The molecule has 6 heteroatoms. The van der Waals surface area contributed by atoms with Crippen LogP contribution >= 0.6 is 0 Å². The Hall–Kier alpha value is -2.18. The third-order valence-electron chi connectivity index (χ3n) is 3.04. The Labute approximate surface area is 129 Å². The Morgan fingerprint density at radius 2 is 1.59 bits per heavy atom. The van der Waals surface area contributed by atoms with Crippen molar-refractivity contribution in [3.05, 3.63) is 60.2 Å². The Morgan fingerprint density at radius 1 is 1.00 bits per heavy atom. The van der Waals surface area contributed by atoms with Crippen molar-refractivity contribution in [3.63, 3.8) is 0 Å². The summed E-state index contributed by atoms with van der Waals surface area (Å²) in [5.41, 5.74) is 0.372. The molecule has 0 saturated heterocycles. The maximum atomic E-state index is 12.3. The first-order valence-corrected chi connectivity index (χ1v) is 7.98. The van der Waals surface area contributed by atoms with E-state index in [2.05, 4.69) is 0 Å². The van der Waals surface area contributed by atoms with Crippen LogP contribution in [0.5, 0.6) is 5.75 Å². The van der Waals surface area contributed by atoms with E-state index in [4.69, 9.17) is 8.92 Å². The van der Waals surface area contributed by atoms with Crippen molar-refractivity contribution < 1.29 is 22.1 Å². The van der Waals surface area contributed by atoms with Gasteiger partial charge in [0, 0.05) is 12.7 Å². The van der Waals surface area contributed by atoms with Gasteiger partial charge in [-0.3, -0.25) is 4.79 Å². The molecule has 2 aromatic rings. The quantitative estimate of drug-likeness (QED) is 0.765. The highest BCUT2D eigenvalue weighted by Crippen LogP contribution is 2.30. The summed E-state index contributed by atoms with van der Waals surface area (Å²) in [6, 6.07) is 14.2. The van der Waals surface area contributed by atoms with Crippen molar-refractivity contribution in [2.24, 2.45) is 0 Å². The third-order valence-corrected chi connectivity index (χ3v) is 4.29. The molecule has 0 bridgehead atoms. The van der Waals surface area contributed by atoms with Gasteiger partial charge in [-0.15, -0.1) is 0 Å². The van der Waals surface area contributed by atoms with E-state index in [9.17, 15) is 13.2 Å². The van der Waals surface area contributed by atoms with Gasteiger partial charge in [0.15, 0.2) is 5.78 Å². The van der Waals surface area contributed by atoms with Crippen molar-refractivity contribution in [2.45, 2.75) is 17.9 Å². The van der Waals surface area contributed by atoms with Crippen LogP contribution in [0.3, 0.4) is 0 Å². The number of benzene rings is 2. The highest BCUT2D eigenvalue weighted by molar-refractivity contribution is 7.87. The van der Waals surface area contributed by atoms with Gasteiger partial charge in [0.2, 0.25) is 0 Å². The Morgan fingerprint density at radius 3 is 2.18 bits per heavy atom. The minimum absolute atomic E-state index is 0.0431. The molecule has 0 fully saturated rings. The molecule has 0 aliphatic heterocycles. The first kappa shape index (κ1) is 16.2. The summed E-state index contributed by atoms with van der Waals surface area (Å²) in [6.07, 6.45) is -0.873. The molecule has 0 amide bonds. The number of ketones is 1. The molecule has 0 radical (unpaired) electrons. The maximum absolute atomic E-state index is 12.3. The van der Waals surface area contributed by atoms with Gasteiger partial charge in [-0.2, -0.15) is 8.42 Å². The number of ether oxygens (including phenoxy) is 1. The molecular formula is C16H16O5S. The molecule has 1 atom stereocenters. The van der Waals surface area contributed by atoms with Crippen LogP contribution in [0, 0.1) is 0 Å². The number of hydrogen-bond acceptors (Lipinski definition) is 5. The summed E-state index contributed by atoms with van der Waals surface area (Å²) in [5.74, 6) is -0.163. The normalized spacial score (nSPS) is 12.6. The fraction of sp³-hybridized carbons (Fsp3) is 0.188. The Kier molecular flexibility index (Phi) is 4.95. The summed E-state index contributed by atoms with van der Waals surface area (Å²) < 4.78 is 34.9. The molecule has 0 aromatic heterocycles. The van der Waals surface area contributed by atoms with Gasteiger partial charge in [-0.1, -0.05) is 36.4 Å². The smallest absolute Gasteiger partial charge is 0.339 e. The van der Waals surface area contributed by atoms with Crippen LogP contribution in [-0.4, -0.2) is 21.3 Å². The molecule has 0 aliphatic carbocycles. The van der Waals surface area contributed by atoms with Crippen LogP contribution in [0.15, 0.2) is 59.5 Å². The van der Waals surface area contributed by atoms with Gasteiger partial charge in [0.05, 0.1) is 0 Å². The summed E-state index contributed by atoms with van der Waals surface area (Å²) in [4.78, 5) is 11.7. The standard InChI is InChI=1S/C16H16O5S/c1-12(17)16(20-2)14-10-6-7-11-15(14)21-22(18,19)13-8-4-3-5-9-13/h3-11,16H,1-2H3. The summed E-state index contributed by atoms with van der Waals surface area (Å²) in [5, 5.41) is 0. The van der Waals surface area contributed by atoms with Crippen molar-refractivity contribution >= 4 is 15.9 Å². The number of carbonyl (C=O) groups excluding carboxylic acids is 1. The van der Waals surface area contributed by atoms with E-state index in [1.165, 1.54) is 32.2 Å². The van der Waals surface area contributed by atoms with Crippen molar-refractivity contribution in [2.75, 3.05) is 7.11 Å². The Balaban J connectivity index is 2.41.